The van der Waals surface area contributed by atoms with Gasteiger partial charge in [-0.2, -0.15) is 0 Å². The van der Waals surface area contributed by atoms with Crippen LogP contribution in [0.2, 0.25) is 0 Å². The van der Waals surface area contributed by atoms with E-state index in [1.54, 1.807) is 11.3 Å². The lowest BCUT2D eigenvalue weighted by Crippen LogP contribution is -2.58. The maximum absolute atomic E-state index is 6.15. The summed E-state index contributed by atoms with van der Waals surface area (Å²) >= 11 is 8.88. The fourth-order valence-corrected chi connectivity index (χ4v) is 5.28. The molecule has 20 heavy (non-hydrogen) atoms. The lowest BCUT2D eigenvalue weighted by Gasteiger charge is -2.49. The van der Waals surface area contributed by atoms with Gasteiger partial charge in [0.2, 0.25) is 0 Å². The number of thiophene rings is 1. The minimum Gasteiger partial charge on any atom is -0.367 e. The zero-order valence-corrected chi connectivity index (χ0v) is 16.4. The van der Waals surface area contributed by atoms with Gasteiger partial charge in [-0.1, -0.05) is 0 Å². The van der Waals surface area contributed by atoms with Gasteiger partial charge >= 0.3 is 0 Å². The molecule has 0 saturated carbocycles. The molecular formula is C14H22Br2N2OS. The number of nitrogens with zero attached hydrogens (tertiary/aromatic N) is 1. The Bertz CT molecular complexity index is 452. The van der Waals surface area contributed by atoms with Crippen molar-refractivity contribution in [3.63, 3.8) is 0 Å². The third-order valence-corrected chi connectivity index (χ3v) is 6.73. The molecule has 0 spiro atoms. The molecule has 2 heterocycles. The van der Waals surface area contributed by atoms with Gasteiger partial charge in [0.1, 0.15) is 0 Å². The van der Waals surface area contributed by atoms with Crippen molar-refractivity contribution in [1.82, 2.24) is 4.90 Å². The van der Waals surface area contributed by atoms with E-state index in [-0.39, 0.29) is 17.2 Å². The standard InChI is InChI=1S/C14H22Br2N2OS/c1-13(2)7-18(8-14(3,4)19-13)10(6-17)11-5-9(15)12(16)20-11/h5,10H,6-8,17H2,1-4H3. The van der Waals surface area contributed by atoms with Crippen LogP contribution >= 0.6 is 43.2 Å². The summed E-state index contributed by atoms with van der Waals surface area (Å²) in [5, 5.41) is 0. The third-order valence-electron chi connectivity index (χ3n) is 3.38. The zero-order valence-electron chi connectivity index (χ0n) is 12.4. The molecule has 6 heteroatoms. The van der Waals surface area contributed by atoms with E-state index in [0.717, 1.165) is 21.3 Å². The Morgan fingerprint density at radius 3 is 2.25 bits per heavy atom. The van der Waals surface area contributed by atoms with Crippen molar-refractivity contribution in [2.24, 2.45) is 5.73 Å². The van der Waals surface area contributed by atoms with Crippen molar-refractivity contribution >= 4 is 43.2 Å². The van der Waals surface area contributed by atoms with E-state index in [2.05, 4.69) is 70.5 Å². The molecule has 0 amide bonds. The van der Waals surface area contributed by atoms with E-state index >= 15 is 0 Å². The number of hydrogen-bond donors (Lipinski definition) is 1. The first kappa shape index (κ1) is 16.9. The van der Waals surface area contributed by atoms with E-state index in [1.165, 1.54) is 4.88 Å². The lowest BCUT2D eigenvalue weighted by molar-refractivity contribution is -0.187. The van der Waals surface area contributed by atoms with Crippen LogP contribution in [0.25, 0.3) is 0 Å². The van der Waals surface area contributed by atoms with E-state index in [9.17, 15) is 0 Å². The second-order valence-electron chi connectivity index (χ2n) is 6.55. The van der Waals surface area contributed by atoms with E-state index in [1.807, 2.05) is 0 Å². The molecule has 1 atom stereocenters. The number of nitrogens with two attached hydrogens (primary N) is 1. The summed E-state index contributed by atoms with van der Waals surface area (Å²) in [4.78, 5) is 3.74. The van der Waals surface area contributed by atoms with Gasteiger partial charge in [-0.25, -0.2) is 0 Å². The Hall–Kier alpha value is 0.540. The molecule has 2 N–H and O–H groups in total. The molecule has 1 aliphatic heterocycles. The van der Waals surface area contributed by atoms with E-state index < -0.39 is 0 Å². The van der Waals surface area contributed by atoms with Gasteiger partial charge in [-0.15, -0.1) is 11.3 Å². The molecule has 1 unspecified atom stereocenters. The van der Waals surface area contributed by atoms with Gasteiger partial charge in [0, 0.05) is 29.0 Å². The van der Waals surface area contributed by atoms with Crippen LogP contribution < -0.4 is 5.73 Å². The summed E-state index contributed by atoms with van der Waals surface area (Å²) in [5.74, 6) is 0. The first-order valence-corrected chi connectivity index (χ1v) is 9.13. The van der Waals surface area contributed by atoms with E-state index in [0.29, 0.717) is 6.54 Å². The Kier molecular flexibility index (Phi) is 5.05. The van der Waals surface area contributed by atoms with Gasteiger partial charge in [0.05, 0.1) is 21.0 Å². The molecule has 0 aromatic carbocycles. The predicted octanol–water partition coefficient (Wildman–Crippen LogP) is 4.16. The highest BCUT2D eigenvalue weighted by Crippen LogP contribution is 2.39. The van der Waals surface area contributed by atoms with Crippen LogP contribution in [0.5, 0.6) is 0 Å². The average molecular weight is 426 g/mol. The first-order chi connectivity index (χ1) is 9.13. The quantitative estimate of drug-likeness (QED) is 0.789. The molecular weight excluding hydrogens is 404 g/mol. The summed E-state index contributed by atoms with van der Waals surface area (Å²) < 4.78 is 8.38. The minimum atomic E-state index is -0.152. The smallest absolute Gasteiger partial charge is 0.0843 e. The highest BCUT2D eigenvalue weighted by Gasteiger charge is 2.40. The first-order valence-electron chi connectivity index (χ1n) is 6.72. The van der Waals surface area contributed by atoms with E-state index in [4.69, 9.17) is 10.5 Å². The number of rotatable bonds is 3. The van der Waals surface area contributed by atoms with Gasteiger partial charge < -0.3 is 10.5 Å². The molecule has 114 valence electrons. The van der Waals surface area contributed by atoms with Crippen LogP contribution in [-0.4, -0.2) is 35.7 Å². The number of ether oxygens (including phenoxy) is 1. The molecule has 0 radical (unpaired) electrons. The van der Waals surface area contributed by atoms with Crippen LogP contribution in [0.3, 0.4) is 0 Å². The molecule has 0 aliphatic carbocycles. The summed E-state index contributed by atoms with van der Waals surface area (Å²) in [6.07, 6.45) is 0. The normalized spacial score (nSPS) is 23.8. The Labute approximate surface area is 142 Å². The van der Waals surface area contributed by atoms with Crippen molar-refractivity contribution in [2.75, 3.05) is 19.6 Å². The summed E-state index contributed by atoms with van der Waals surface area (Å²) in [5.41, 5.74) is 5.76. The Morgan fingerprint density at radius 2 is 1.85 bits per heavy atom. The van der Waals surface area contributed by atoms with Crippen LogP contribution in [0.15, 0.2) is 14.3 Å². The summed E-state index contributed by atoms with van der Waals surface area (Å²) in [6, 6.07) is 2.41. The fraction of sp³-hybridized carbons (Fsp3) is 0.714. The van der Waals surface area contributed by atoms with Crippen molar-refractivity contribution in [3.05, 3.63) is 19.2 Å². The highest BCUT2D eigenvalue weighted by atomic mass is 79.9. The maximum atomic E-state index is 6.15. The maximum Gasteiger partial charge on any atom is 0.0843 e. The molecule has 1 saturated heterocycles. The molecule has 0 bridgehead atoms. The van der Waals surface area contributed by atoms with Crippen LogP contribution in [-0.2, 0) is 4.74 Å². The van der Waals surface area contributed by atoms with Crippen LogP contribution in [0.4, 0.5) is 0 Å². The van der Waals surface area contributed by atoms with Crippen LogP contribution in [0.1, 0.15) is 38.6 Å². The van der Waals surface area contributed by atoms with Crippen molar-refractivity contribution in [2.45, 2.75) is 44.9 Å². The van der Waals surface area contributed by atoms with Gasteiger partial charge in [-0.3, -0.25) is 4.90 Å². The van der Waals surface area contributed by atoms with Crippen LogP contribution in [0, 0.1) is 0 Å². The Morgan fingerprint density at radius 1 is 1.30 bits per heavy atom. The summed E-state index contributed by atoms with van der Waals surface area (Å²) in [6.45, 7) is 11.0. The largest absolute Gasteiger partial charge is 0.367 e. The second-order valence-corrected chi connectivity index (χ2v) is 9.80. The number of hydrogen-bond acceptors (Lipinski definition) is 4. The lowest BCUT2D eigenvalue weighted by atomic mass is 9.97. The average Bonchev–Trinajstić information content (AvgIpc) is 2.55. The molecule has 1 aromatic heterocycles. The molecule has 1 aliphatic rings. The molecule has 2 rings (SSSR count). The zero-order chi connectivity index (χ0) is 15.1. The number of halogens is 2. The topological polar surface area (TPSA) is 38.5 Å². The van der Waals surface area contributed by atoms with Crippen molar-refractivity contribution in [3.8, 4) is 0 Å². The molecule has 3 nitrogen and oxygen atoms in total. The number of morpholine rings is 1. The van der Waals surface area contributed by atoms with Gasteiger partial charge in [-0.05, 0) is 65.6 Å². The van der Waals surface area contributed by atoms with Gasteiger partial charge in [0.25, 0.3) is 0 Å². The van der Waals surface area contributed by atoms with Crippen molar-refractivity contribution < 1.29 is 4.74 Å². The second kappa shape index (κ2) is 5.97. The molecule has 1 fully saturated rings. The minimum absolute atomic E-state index is 0.152. The summed E-state index contributed by atoms with van der Waals surface area (Å²) in [7, 11) is 0. The fourth-order valence-electron chi connectivity index (χ4n) is 3.04. The Balaban J connectivity index is 2.27. The van der Waals surface area contributed by atoms with Gasteiger partial charge in [0.15, 0.2) is 0 Å². The monoisotopic (exact) mass is 424 g/mol. The highest BCUT2D eigenvalue weighted by molar-refractivity contribution is 9.13. The molecule has 1 aromatic rings. The predicted molar refractivity (Wildman–Crippen MR) is 92.3 cm³/mol. The van der Waals surface area contributed by atoms with Crippen molar-refractivity contribution in [1.29, 1.82) is 0 Å². The SMILES string of the molecule is CC1(C)CN(C(CN)c2cc(Br)c(Br)s2)CC(C)(C)O1. The third kappa shape index (κ3) is 3.84.